The molecule has 0 saturated carbocycles. The Labute approximate surface area is 258 Å². The highest BCUT2D eigenvalue weighted by Crippen LogP contribution is 2.12. The number of rotatable bonds is 17. The first kappa shape index (κ1) is 40.5. The average molecular weight is 634 g/mol. The van der Waals surface area contributed by atoms with E-state index in [1.165, 1.54) is 6.92 Å². The number of ether oxygens (including phenoxy) is 3. The quantitative estimate of drug-likeness (QED) is 0.0587. The van der Waals surface area contributed by atoms with Gasteiger partial charge in [0.25, 0.3) is 0 Å². The molecule has 0 spiro atoms. The van der Waals surface area contributed by atoms with E-state index in [0.717, 1.165) is 7.11 Å². The van der Waals surface area contributed by atoms with E-state index < -0.39 is 83.8 Å². The minimum atomic E-state index is -1.54. The molecule has 5 atom stereocenters. The number of amides is 4. The van der Waals surface area contributed by atoms with Crippen molar-refractivity contribution in [2.45, 2.75) is 122 Å². The lowest BCUT2D eigenvalue weighted by atomic mass is 10.1. The maximum Gasteiger partial charge on any atom is 0.407 e. The Bertz CT molecular complexity index is 976. The molecule has 0 unspecified atom stereocenters. The van der Waals surface area contributed by atoms with Crippen LogP contribution in [0.5, 0.6) is 0 Å². The minimum Gasteiger partial charge on any atom is -0.467 e. The maximum atomic E-state index is 13.3. The number of unbranched alkanes of at least 4 members (excludes halogenated alkanes) is 1. The topological polar surface area (TPSA) is 245 Å². The third-order valence-corrected chi connectivity index (χ3v) is 5.72. The van der Waals surface area contributed by atoms with Gasteiger partial charge in [-0.15, -0.1) is 0 Å². The van der Waals surface area contributed by atoms with Crippen LogP contribution in [-0.4, -0.2) is 108 Å². The first-order valence-electron chi connectivity index (χ1n) is 14.4. The molecule has 0 radical (unpaired) electrons. The number of esters is 2. The number of nitrogens with one attached hydrogen (secondary N) is 4. The van der Waals surface area contributed by atoms with Gasteiger partial charge in [0.05, 0.1) is 19.8 Å². The van der Waals surface area contributed by atoms with Crippen LogP contribution in [0.15, 0.2) is 0 Å². The zero-order valence-electron chi connectivity index (χ0n) is 27.0. The summed E-state index contributed by atoms with van der Waals surface area (Å²) in [5, 5.41) is 28.9. The van der Waals surface area contributed by atoms with Crippen LogP contribution < -0.4 is 27.0 Å². The number of nitrogens with two attached hydrogens (primary N) is 1. The summed E-state index contributed by atoms with van der Waals surface area (Å²) >= 11 is 0. The van der Waals surface area contributed by atoms with Gasteiger partial charge in [-0.05, 0) is 74.1 Å². The molecule has 0 fully saturated rings. The lowest BCUT2D eigenvalue weighted by Crippen LogP contribution is -2.59. The molecular formula is C28H51N5O11. The molecule has 0 aromatic rings. The molecule has 0 rings (SSSR count). The fourth-order valence-corrected chi connectivity index (χ4v) is 3.52. The second kappa shape index (κ2) is 19.0. The van der Waals surface area contributed by atoms with Crippen LogP contribution in [0.1, 0.15) is 80.6 Å². The van der Waals surface area contributed by atoms with Crippen molar-refractivity contribution in [3.63, 3.8) is 0 Å². The molecule has 0 aromatic heterocycles. The van der Waals surface area contributed by atoms with Crippen molar-refractivity contribution in [3.8, 4) is 0 Å². The van der Waals surface area contributed by atoms with E-state index in [4.69, 9.17) is 19.9 Å². The highest BCUT2D eigenvalue weighted by molar-refractivity contribution is 5.94. The van der Waals surface area contributed by atoms with Crippen LogP contribution in [0.4, 0.5) is 4.79 Å². The van der Waals surface area contributed by atoms with Crippen LogP contribution in [-0.2, 0) is 38.2 Å². The molecule has 0 aromatic carbocycles. The summed E-state index contributed by atoms with van der Waals surface area (Å²) in [7, 11) is 1.14. The summed E-state index contributed by atoms with van der Waals surface area (Å²) < 4.78 is 15.2. The van der Waals surface area contributed by atoms with Gasteiger partial charge in [-0.25, -0.2) is 9.59 Å². The molecule has 0 bridgehead atoms. The van der Waals surface area contributed by atoms with E-state index in [1.807, 2.05) is 0 Å². The number of hydrogen-bond donors (Lipinski definition) is 7. The van der Waals surface area contributed by atoms with Gasteiger partial charge < -0.3 is 51.4 Å². The van der Waals surface area contributed by atoms with Crippen LogP contribution in [0.25, 0.3) is 0 Å². The summed E-state index contributed by atoms with van der Waals surface area (Å²) in [6.07, 6.45) is -1.44. The van der Waals surface area contributed by atoms with E-state index >= 15 is 0 Å². The molecule has 254 valence electrons. The average Bonchev–Trinajstić information content (AvgIpc) is 2.89. The number of aliphatic hydroxyl groups excluding tert-OH is 2. The van der Waals surface area contributed by atoms with Crippen molar-refractivity contribution < 1.29 is 53.2 Å². The number of aliphatic hydroxyl groups is 2. The Morgan fingerprint density at radius 2 is 1.30 bits per heavy atom. The number of alkyl carbamates (subject to hydrolysis) is 1. The molecule has 16 heteroatoms. The third-order valence-electron chi connectivity index (χ3n) is 5.72. The van der Waals surface area contributed by atoms with E-state index in [2.05, 4.69) is 21.3 Å². The van der Waals surface area contributed by atoms with Crippen LogP contribution in [0, 0.1) is 0 Å². The fraction of sp³-hybridized carbons (Fsp3) is 0.786. The van der Waals surface area contributed by atoms with Crippen molar-refractivity contribution >= 4 is 35.8 Å². The number of methoxy groups -OCH3 is 1. The first-order chi connectivity index (χ1) is 20.2. The molecular weight excluding hydrogens is 582 g/mol. The standard InChI is InChI=1S/C28H51N5O11/c1-16(35)21(29)24(39)33-19(15-34)23(38)31-17(12-13-20(36)43-27(2,3)4)22(37)32-18(25(40)42-8)11-9-10-14-30-26(41)44-28(5,6)7/h16-19,21,34-35H,9-15,29H2,1-8H3,(H,30,41)(H,31,38)(H,32,37)(H,33,39)/t16-,17+,18+,19+,21+/m1/s1. The summed E-state index contributed by atoms with van der Waals surface area (Å²) in [5.41, 5.74) is 4.11. The van der Waals surface area contributed by atoms with Crippen LogP contribution >= 0.6 is 0 Å². The van der Waals surface area contributed by atoms with Crippen molar-refractivity contribution in [2.75, 3.05) is 20.3 Å². The number of hydrogen-bond acceptors (Lipinski definition) is 12. The Hall–Kier alpha value is -3.50. The summed E-state index contributed by atoms with van der Waals surface area (Å²) in [6, 6.07) is -5.46. The van der Waals surface area contributed by atoms with Crippen molar-refractivity contribution in [3.05, 3.63) is 0 Å². The van der Waals surface area contributed by atoms with Gasteiger partial charge in [0.2, 0.25) is 17.7 Å². The largest absolute Gasteiger partial charge is 0.467 e. The smallest absolute Gasteiger partial charge is 0.407 e. The molecule has 0 aliphatic heterocycles. The van der Waals surface area contributed by atoms with E-state index in [-0.39, 0.29) is 25.8 Å². The Morgan fingerprint density at radius 3 is 1.80 bits per heavy atom. The normalized spacial score (nSPS) is 15.0. The Morgan fingerprint density at radius 1 is 0.773 bits per heavy atom. The van der Waals surface area contributed by atoms with Crippen molar-refractivity contribution in [2.24, 2.45) is 5.73 Å². The minimum absolute atomic E-state index is 0.119. The van der Waals surface area contributed by atoms with Gasteiger partial charge in [0, 0.05) is 13.0 Å². The van der Waals surface area contributed by atoms with E-state index in [1.54, 1.807) is 41.5 Å². The molecule has 4 amide bonds. The summed E-state index contributed by atoms with van der Waals surface area (Å²) in [6.45, 7) is 10.8. The molecule has 8 N–H and O–H groups in total. The monoisotopic (exact) mass is 633 g/mol. The fourth-order valence-electron chi connectivity index (χ4n) is 3.52. The molecule has 16 nitrogen and oxygen atoms in total. The lowest BCUT2D eigenvalue weighted by molar-refractivity contribution is -0.155. The number of carbonyl (C=O) groups excluding carboxylic acids is 6. The second-order valence-electron chi connectivity index (χ2n) is 12.2. The predicted molar refractivity (Wildman–Crippen MR) is 158 cm³/mol. The van der Waals surface area contributed by atoms with Gasteiger partial charge >= 0.3 is 18.0 Å². The lowest BCUT2D eigenvalue weighted by Gasteiger charge is -2.25. The highest BCUT2D eigenvalue weighted by Gasteiger charge is 2.32. The molecule has 0 aliphatic rings. The summed E-state index contributed by atoms with van der Waals surface area (Å²) in [4.78, 5) is 75.0. The Kier molecular flexibility index (Phi) is 17.5. The van der Waals surface area contributed by atoms with Gasteiger partial charge in [-0.1, -0.05) is 0 Å². The zero-order chi connectivity index (χ0) is 34.3. The third kappa shape index (κ3) is 17.6. The van der Waals surface area contributed by atoms with E-state index in [9.17, 15) is 39.0 Å². The molecule has 0 heterocycles. The Balaban J connectivity index is 5.58. The predicted octanol–water partition coefficient (Wildman–Crippen LogP) is -0.869. The molecule has 0 saturated heterocycles. The van der Waals surface area contributed by atoms with Gasteiger partial charge in [-0.3, -0.25) is 19.2 Å². The zero-order valence-corrected chi connectivity index (χ0v) is 27.0. The molecule has 44 heavy (non-hydrogen) atoms. The van der Waals surface area contributed by atoms with E-state index in [0.29, 0.717) is 12.8 Å². The van der Waals surface area contributed by atoms with Gasteiger partial charge in [0.1, 0.15) is 35.4 Å². The van der Waals surface area contributed by atoms with Crippen molar-refractivity contribution in [1.29, 1.82) is 0 Å². The van der Waals surface area contributed by atoms with Gasteiger partial charge in [-0.2, -0.15) is 0 Å². The van der Waals surface area contributed by atoms with Crippen LogP contribution in [0.2, 0.25) is 0 Å². The second-order valence-corrected chi connectivity index (χ2v) is 12.2. The highest BCUT2D eigenvalue weighted by atomic mass is 16.6. The molecule has 0 aliphatic carbocycles. The van der Waals surface area contributed by atoms with Crippen LogP contribution in [0.3, 0.4) is 0 Å². The first-order valence-corrected chi connectivity index (χ1v) is 14.4. The van der Waals surface area contributed by atoms with Gasteiger partial charge in [0.15, 0.2) is 0 Å². The maximum absolute atomic E-state index is 13.3. The van der Waals surface area contributed by atoms with Crippen molar-refractivity contribution in [1.82, 2.24) is 21.3 Å². The summed E-state index contributed by atoms with van der Waals surface area (Å²) in [5.74, 6) is -4.15. The SMILES string of the molecule is COC(=O)[C@H](CCCCNC(=O)OC(C)(C)C)NC(=O)[C@H](CCC(=O)OC(C)(C)C)NC(=O)[C@H](CO)NC(=O)[C@@H](N)[C@@H](C)O. The number of carbonyl (C=O) groups is 6.